The van der Waals surface area contributed by atoms with Crippen molar-refractivity contribution in [3.8, 4) is 67.7 Å². The number of fused-ring (bicyclic) bond motifs is 9. The van der Waals surface area contributed by atoms with E-state index in [-0.39, 0.29) is 5.92 Å². The van der Waals surface area contributed by atoms with Gasteiger partial charge in [-0.2, -0.15) is 0 Å². The van der Waals surface area contributed by atoms with Crippen LogP contribution in [0.1, 0.15) is 46.0 Å². The molecule has 292 valence electrons. The number of aromatic nitrogens is 3. The molecule has 4 nitrogen and oxygen atoms in total. The van der Waals surface area contributed by atoms with Crippen molar-refractivity contribution in [3.05, 3.63) is 252 Å². The molecule has 0 amide bonds. The van der Waals surface area contributed by atoms with Gasteiger partial charge in [0, 0.05) is 28.2 Å². The van der Waals surface area contributed by atoms with Crippen LogP contribution in [0.15, 0.2) is 218 Å². The molecular formula is C58H39N3O. The Balaban J connectivity index is 0.932. The van der Waals surface area contributed by atoms with Crippen molar-refractivity contribution in [1.82, 2.24) is 15.0 Å². The topological polar surface area (TPSA) is 47.9 Å². The molecule has 1 aromatic heterocycles. The minimum atomic E-state index is -0.519. The predicted octanol–water partition coefficient (Wildman–Crippen LogP) is 14.1. The Morgan fingerprint density at radius 1 is 0.403 bits per heavy atom. The molecule has 1 atom stereocenters. The second-order valence-electron chi connectivity index (χ2n) is 16.2. The van der Waals surface area contributed by atoms with Gasteiger partial charge >= 0.3 is 0 Å². The van der Waals surface area contributed by atoms with Crippen molar-refractivity contribution in [3.63, 3.8) is 0 Å². The summed E-state index contributed by atoms with van der Waals surface area (Å²) in [6.45, 7) is 0. The van der Waals surface area contributed by atoms with E-state index in [0.717, 1.165) is 62.7 Å². The van der Waals surface area contributed by atoms with E-state index in [2.05, 4.69) is 212 Å². The average Bonchev–Trinajstić information content (AvgIpc) is 3.65. The fourth-order valence-corrected chi connectivity index (χ4v) is 9.76. The van der Waals surface area contributed by atoms with E-state index in [9.17, 15) is 0 Å². The number of para-hydroxylation sites is 1. The highest BCUT2D eigenvalue weighted by Gasteiger charge is 2.51. The largest absolute Gasteiger partial charge is 0.457 e. The van der Waals surface area contributed by atoms with Crippen LogP contribution >= 0.6 is 0 Å². The van der Waals surface area contributed by atoms with Crippen molar-refractivity contribution in [1.29, 1.82) is 0 Å². The lowest BCUT2D eigenvalue weighted by atomic mass is 9.66. The highest BCUT2D eigenvalue weighted by Crippen LogP contribution is 2.62. The zero-order chi connectivity index (χ0) is 41.0. The van der Waals surface area contributed by atoms with Gasteiger partial charge in [-0.15, -0.1) is 0 Å². The minimum Gasteiger partial charge on any atom is -0.457 e. The second kappa shape index (κ2) is 14.6. The van der Waals surface area contributed by atoms with Crippen molar-refractivity contribution in [2.45, 2.75) is 17.8 Å². The van der Waals surface area contributed by atoms with Gasteiger partial charge in [0.05, 0.1) is 5.41 Å². The highest BCUT2D eigenvalue weighted by molar-refractivity contribution is 5.89. The maximum Gasteiger partial charge on any atom is 0.163 e. The lowest BCUT2D eigenvalue weighted by Crippen LogP contribution is -2.32. The molecule has 12 rings (SSSR count). The monoisotopic (exact) mass is 793 g/mol. The molecule has 0 saturated carbocycles. The van der Waals surface area contributed by atoms with Crippen LogP contribution < -0.4 is 4.74 Å². The van der Waals surface area contributed by atoms with Crippen LogP contribution in [0.4, 0.5) is 0 Å². The third-order valence-electron chi connectivity index (χ3n) is 12.8. The van der Waals surface area contributed by atoms with Gasteiger partial charge in [0.2, 0.25) is 0 Å². The number of hydrogen-bond donors (Lipinski definition) is 0. The van der Waals surface area contributed by atoms with Crippen molar-refractivity contribution < 1.29 is 4.74 Å². The Kier molecular flexibility index (Phi) is 8.49. The van der Waals surface area contributed by atoms with Gasteiger partial charge in [0.15, 0.2) is 11.6 Å². The Bertz CT molecular complexity index is 3180. The lowest BCUT2D eigenvalue weighted by Gasteiger charge is -2.39. The van der Waals surface area contributed by atoms with Crippen molar-refractivity contribution in [2.24, 2.45) is 0 Å². The van der Waals surface area contributed by atoms with E-state index in [0.29, 0.717) is 11.6 Å². The zero-order valence-electron chi connectivity index (χ0n) is 33.8. The van der Waals surface area contributed by atoms with Gasteiger partial charge in [-0.3, -0.25) is 0 Å². The molecule has 1 spiro atoms. The van der Waals surface area contributed by atoms with Crippen LogP contribution in [-0.2, 0) is 5.41 Å². The molecule has 3 aliphatic rings. The lowest BCUT2D eigenvalue weighted by molar-refractivity contribution is 0.436. The Hall–Kier alpha value is -7.95. The van der Waals surface area contributed by atoms with E-state index in [1.807, 2.05) is 6.07 Å². The van der Waals surface area contributed by atoms with Crippen molar-refractivity contribution >= 4 is 5.57 Å². The van der Waals surface area contributed by atoms with Gasteiger partial charge in [-0.1, -0.05) is 200 Å². The molecule has 9 aromatic rings. The predicted molar refractivity (Wildman–Crippen MR) is 250 cm³/mol. The fraction of sp³-hybridized carbons (Fsp3) is 0.0517. The van der Waals surface area contributed by atoms with Gasteiger partial charge in [0.25, 0.3) is 0 Å². The molecular weight excluding hydrogens is 755 g/mol. The summed E-state index contributed by atoms with van der Waals surface area (Å²) in [4.78, 5) is 15.4. The number of ether oxygens (including phenoxy) is 1. The summed E-state index contributed by atoms with van der Waals surface area (Å²) in [5.74, 6) is 3.87. The summed E-state index contributed by atoms with van der Waals surface area (Å²) in [6, 6.07) is 71.0. The normalized spacial score (nSPS) is 15.2. The molecule has 4 heteroatoms. The van der Waals surface area contributed by atoms with Crippen LogP contribution in [0.2, 0.25) is 0 Å². The first-order chi connectivity index (χ1) is 30.7. The number of allylic oxidation sites excluding steroid dienone is 4. The maximum atomic E-state index is 6.70. The first kappa shape index (κ1) is 35.9. The Morgan fingerprint density at radius 2 is 0.887 bits per heavy atom. The summed E-state index contributed by atoms with van der Waals surface area (Å²) in [6.07, 6.45) is 7.53. The summed E-state index contributed by atoms with van der Waals surface area (Å²) in [7, 11) is 0. The number of benzene rings is 8. The van der Waals surface area contributed by atoms with E-state index in [1.165, 1.54) is 39.0 Å². The zero-order valence-corrected chi connectivity index (χ0v) is 33.8. The third-order valence-corrected chi connectivity index (χ3v) is 12.8. The maximum absolute atomic E-state index is 6.70. The molecule has 2 heterocycles. The Labute approximate surface area is 361 Å². The molecule has 1 unspecified atom stereocenters. The molecule has 62 heavy (non-hydrogen) atoms. The molecule has 0 saturated heterocycles. The van der Waals surface area contributed by atoms with Gasteiger partial charge in [0.1, 0.15) is 17.3 Å². The van der Waals surface area contributed by atoms with Crippen LogP contribution in [0, 0.1) is 0 Å². The first-order valence-corrected chi connectivity index (χ1v) is 21.3. The van der Waals surface area contributed by atoms with E-state index >= 15 is 0 Å². The standard InChI is InChI=1S/C58H39N3O/c1-3-13-38(14-4-1)40-23-29-43(30-24-40)55-59-56(44-31-25-41(26-32-44)39-15-5-2-6-16-39)61-57(60-55)45-33-27-42(28-34-45)46-35-36-54-52(37-46)58(51-21-11-12-22-53(51)62-54)49-19-9-7-17-47(49)48-18-8-10-20-50(48)58/h1-31,33-37,44H,32H2. The fourth-order valence-electron chi connectivity index (χ4n) is 9.76. The number of hydrogen-bond acceptors (Lipinski definition) is 4. The summed E-state index contributed by atoms with van der Waals surface area (Å²) in [5.41, 5.74) is 15.7. The molecule has 8 aromatic carbocycles. The van der Waals surface area contributed by atoms with Crippen molar-refractivity contribution in [2.75, 3.05) is 0 Å². The van der Waals surface area contributed by atoms with E-state index < -0.39 is 5.41 Å². The third kappa shape index (κ3) is 5.87. The first-order valence-electron chi connectivity index (χ1n) is 21.3. The summed E-state index contributed by atoms with van der Waals surface area (Å²) >= 11 is 0. The minimum absolute atomic E-state index is 0.0202. The number of nitrogens with zero attached hydrogens (tertiary/aromatic N) is 3. The average molecular weight is 794 g/mol. The molecule has 1 aliphatic heterocycles. The summed E-state index contributed by atoms with van der Waals surface area (Å²) in [5, 5.41) is 0. The molecule has 0 N–H and O–H groups in total. The quantitative estimate of drug-likeness (QED) is 0.168. The molecule has 0 fully saturated rings. The Morgan fingerprint density at radius 3 is 1.50 bits per heavy atom. The van der Waals surface area contributed by atoms with Crippen LogP contribution in [0.3, 0.4) is 0 Å². The van der Waals surface area contributed by atoms with Gasteiger partial charge in [-0.05, 0) is 80.3 Å². The molecule has 0 radical (unpaired) electrons. The van der Waals surface area contributed by atoms with Crippen LogP contribution in [-0.4, -0.2) is 15.0 Å². The van der Waals surface area contributed by atoms with Crippen LogP contribution in [0.5, 0.6) is 11.5 Å². The number of rotatable bonds is 6. The second-order valence-corrected chi connectivity index (χ2v) is 16.2. The molecule has 2 aliphatic carbocycles. The summed E-state index contributed by atoms with van der Waals surface area (Å²) < 4.78 is 6.70. The molecule has 0 bridgehead atoms. The SMILES string of the molecule is C1=CC(c2nc(-c3ccc(-c4ccccc4)cc3)nc(-c3ccc(-c4ccc5c(c4)C4(c6ccccc6O5)c5ccccc5-c5ccccc54)cc3)n2)CC=C1c1ccccc1. The smallest absolute Gasteiger partial charge is 0.163 e. The van der Waals surface area contributed by atoms with Gasteiger partial charge < -0.3 is 4.74 Å². The van der Waals surface area contributed by atoms with E-state index in [4.69, 9.17) is 19.7 Å². The highest BCUT2D eigenvalue weighted by atomic mass is 16.5. The van der Waals surface area contributed by atoms with E-state index in [1.54, 1.807) is 0 Å². The van der Waals surface area contributed by atoms with Gasteiger partial charge in [-0.25, -0.2) is 15.0 Å². The van der Waals surface area contributed by atoms with Crippen LogP contribution in [0.25, 0.3) is 61.7 Å².